The molecule has 3 aromatic rings. The number of ether oxygens (including phenoxy) is 2. The molecule has 29 heavy (non-hydrogen) atoms. The molecular weight excluding hydrogens is 384 g/mol. The van der Waals surface area contributed by atoms with Crippen LogP contribution in [0.25, 0.3) is 11.3 Å². The molecule has 0 aliphatic carbocycles. The Labute approximate surface area is 164 Å². The summed E-state index contributed by atoms with van der Waals surface area (Å²) in [5.41, 5.74) is 0.215. The van der Waals surface area contributed by atoms with Crippen LogP contribution in [0, 0.1) is 11.6 Å². The van der Waals surface area contributed by atoms with Crippen LogP contribution in [-0.4, -0.2) is 29.9 Å². The number of amides is 1. The molecule has 1 N–H and O–H groups in total. The van der Waals surface area contributed by atoms with Gasteiger partial charge in [-0.3, -0.25) is 9.59 Å². The van der Waals surface area contributed by atoms with Crippen LogP contribution >= 0.6 is 0 Å². The highest BCUT2D eigenvalue weighted by atomic mass is 19.1. The number of halogens is 2. The first-order valence-electron chi connectivity index (χ1n) is 8.46. The number of anilines is 1. The van der Waals surface area contributed by atoms with Crippen molar-refractivity contribution in [3.05, 3.63) is 70.5 Å². The van der Waals surface area contributed by atoms with E-state index in [4.69, 9.17) is 9.47 Å². The topological polar surface area (TPSA) is 82.5 Å². The van der Waals surface area contributed by atoms with E-state index in [9.17, 15) is 18.4 Å². The number of nitrogens with zero attached hydrogens (tertiary/aromatic N) is 2. The van der Waals surface area contributed by atoms with E-state index in [-0.39, 0.29) is 5.69 Å². The van der Waals surface area contributed by atoms with E-state index in [1.54, 1.807) is 18.2 Å². The van der Waals surface area contributed by atoms with E-state index in [0.29, 0.717) is 28.8 Å². The summed E-state index contributed by atoms with van der Waals surface area (Å²) < 4.78 is 38.1. The van der Waals surface area contributed by atoms with Gasteiger partial charge in [-0.2, -0.15) is 5.10 Å². The third-order valence-corrected chi connectivity index (χ3v) is 4.05. The molecule has 0 saturated heterocycles. The van der Waals surface area contributed by atoms with Gasteiger partial charge in [-0.05, 0) is 36.4 Å². The summed E-state index contributed by atoms with van der Waals surface area (Å²) in [7, 11) is 3.00. The highest BCUT2D eigenvalue weighted by Crippen LogP contribution is 2.31. The van der Waals surface area contributed by atoms with Crippen molar-refractivity contribution in [3.63, 3.8) is 0 Å². The molecule has 0 bridgehead atoms. The Hall–Kier alpha value is -3.75. The molecule has 1 aromatic heterocycles. The predicted octanol–water partition coefficient (Wildman–Crippen LogP) is 2.84. The molecule has 0 fully saturated rings. The summed E-state index contributed by atoms with van der Waals surface area (Å²) in [6.07, 6.45) is 0. The van der Waals surface area contributed by atoms with Gasteiger partial charge in [0.15, 0.2) is 0 Å². The van der Waals surface area contributed by atoms with Crippen molar-refractivity contribution in [2.75, 3.05) is 19.5 Å². The molecule has 0 saturated carbocycles. The Morgan fingerprint density at radius 2 is 1.86 bits per heavy atom. The van der Waals surface area contributed by atoms with E-state index < -0.39 is 29.6 Å². The summed E-state index contributed by atoms with van der Waals surface area (Å²) in [5, 5.41) is 6.49. The molecule has 0 aliphatic heterocycles. The van der Waals surface area contributed by atoms with E-state index in [1.807, 2.05) is 0 Å². The van der Waals surface area contributed by atoms with Crippen molar-refractivity contribution in [1.82, 2.24) is 9.78 Å². The maximum atomic E-state index is 13.7. The van der Waals surface area contributed by atoms with E-state index >= 15 is 0 Å². The van der Waals surface area contributed by atoms with Crippen LogP contribution in [0.1, 0.15) is 0 Å². The number of hydrogen-bond acceptors (Lipinski definition) is 5. The van der Waals surface area contributed by atoms with E-state index in [1.165, 1.54) is 26.4 Å². The van der Waals surface area contributed by atoms with Crippen LogP contribution in [-0.2, 0) is 11.3 Å². The predicted molar refractivity (Wildman–Crippen MR) is 102 cm³/mol. The lowest BCUT2D eigenvalue weighted by atomic mass is 10.1. The standard InChI is InChI=1S/C20H17F2N3O4/c1-28-13-4-7-18(29-2)14(10-13)16-6-8-20(27)25(24-16)11-19(26)23-17-5-3-12(21)9-15(17)22/h3-10H,11H2,1-2H3,(H,23,26). The van der Waals surface area contributed by atoms with Crippen LogP contribution in [0.4, 0.5) is 14.5 Å². The highest BCUT2D eigenvalue weighted by Gasteiger charge is 2.14. The Bertz CT molecular complexity index is 1120. The number of carbonyl (C=O) groups excluding carboxylic acids is 1. The van der Waals surface area contributed by atoms with Crippen molar-refractivity contribution in [3.8, 4) is 22.8 Å². The molecule has 0 unspecified atom stereocenters. The summed E-state index contributed by atoms with van der Waals surface area (Å²) in [6, 6.07) is 10.6. The molecule has 0 spiro atoms. The third-order valence-electron chi connectivity index (χ3n) is 4.05. The average Bonchev–Trinajstić information content (AvgIpc) is 2.71. The SMILES string of the molecule is COc1ccc(OC)c(-c2ccc(=O)n(CC(=O)Nc3ccc(F)cc3F)n2)c1. The van der Waals surface area contributed by atoms with Gasteiger partial charge in [-0.15, -0.1) is 0 Å². The molecule has 3 rings (SSSR count). The molecule has 150 valence electrons. The summed E-state index contributed by atoms with van der Waals surface area (Å²) in [6.45, 7) is -0.463. The van der Waals surface area contributed by atoms with E-state index in [0.717, 1.165) is 16.8 Å². The second-order valence-electron chi connectivity index (χ2n) is 5.95. The van der Waals surface area contributed by atoms with Gasteiger partial charge in [-0.1, -0.05) is 0 Å². The minimum Gasteiger partial charge on any atom is -0.497 e. The average molecular weight is 401 g/mol. The smallest absolute Gasteiger partial charge is 0.267 e. The van der Waals surface area contributed by atoms with Crippen LogP contribution in [0.5, 0.6) is 11.5 Å². The van der Waals surface area contributed by atoms with Gasteiger partial charge in [-0.25, -0.2) is 13.5 Å². The molecular formula is C20H17F2N3O4. The lowest BCUT2D eigenvalue weighted by molar-refractivity contribution is -0.117. The van der Waals surface area contributed by atoms with Crippen LogP contribution in [0.3, 0.4) is 0 Å². The summed E-state index contributed by atoms with van der Waals surface area (Å²) >= 11 is 0. The second kappa shape index (κ2) is 8.51. The maximum Gasteiger partial charge on any atom is 0.267 e. The van der Waals surface area contributed by atoms with Gasteiger partial charge < -0.3 is 14.8 Å². The number of rotatable bonds is 6. The van der Waals surface area contributed by atoms with Crippen molar-refractivity contribution in [2.45, 2.75) is 6.54 Å². The number of hydrogen-bond donors (Lipinski definition) is 1. The number of carbonyl (C=O) groups is 1. The van der Waals surface area contributed by atoms with Crippen molar-refractivity contribution in [1.29, 1.82) is 0 Å². The number of aromatic nitrogens is 2. The van der Waals surface area contributed by atoms with Gasteiger partial charge in [0.05, 0.1) is 25.6 Å². The second-order valence-corrected chi connectivity index (χ2v) is 5.95. The van der Waals surface area contributed by atoms with Gasteiger partial charge in [0, 0.05) is 17.7 Å². The number of nitrogens with one attached hydrogen (secondary N) is 1. The normalized spacial score (nSPS) is 10.5. The molecule has 1 heterocycles. The molecule has 0 atom stereocenters. The number of benzene rings is 2. The van der Waals surface area contributed by atoms with E-state index in [2.05, 4.69) is 10.4 Å². The zero-order valence-corrected chi connectivity index (χ0v) is 15.6. The van der Waals surface area contributed by atoms with Crippen molar-refractivity contribution in [2.24, 2.45) is 0 Å². The fourth-order valence-corrected chi connectivity index (χ4v) is 2.64. The summed E-state index contributed by atoms with van der Waals surface area (Å²) in [4.78, 5) is 24.3. The first kappa shape index (κ1) is 20.0. The fourth-order valence-electron chi connectivity index (χ4n) is 2.64. The molecule has 2 aromatic carbocycles. The molecule has 0 radical (unpaired) electrons. The number of methoxy groups -OCH3 is 2. The lowest BCUT2D eigenvalue weighted by Crippen LogP contribution is -2.29. The molecule has 9 heteroatoms. The first-order valence-corrected chi connectivity index (χ1v) is 8.46. The highest BCUT2D eigenvalue weighted by molar-refractivity contribution is 5.90. The largest absolute Gasteiger partial charge is 0.497 e. The fraction of sp³-hybridized carbons (Fsp3) is 0.150. The molecule has 7 nitrogen and oxygen atoms in total. The van der Waals surface area contributed by atoms with Gasteiger partial charge in [0.1, 0.15) is 29.7 Å². The summed E-state index contributed by atoms with van der Waals surface area (Å²) in [5.74, 6) is -1.32. The Balaban J connectivity index is 1.88. The van der Waals surface area contributed by atoms with Crippen LogP contribution < -0.4 is 20.3 Å². The van der Waals surface area contributed by atoms with Crippen LogP contribution in [0.2, 0.25) is 0 Å². The zero-order valence-electron chi connectivity index (χ0n) is 15.6. The monoisotopic (exact) mass is 401 g/mol. The third kappa shape index (κ3) is 4.57. The Morgan fingerprint density at radius 3 is 2.55 bits per heavy atom. The van der Waals surface area contributed by atoms with Crippen molar-refractivity contribution < 1.29 is 23.0 Å². The first-order chi connectivity index (χ1) is 13.9. The lowest BCUT2D eigenvalue weighted by Gasteiger charge is -2.12. The van der Waals surface area contributed by atoms with Crippen molar-refractivity contribution >= 4 is 11.6 Å². The maximum absolute atomic E-state index is 13.7. The van der Waals surface area contributed by atoms with Gasteiger partial charge in [0.2, 0.25) is 5.91 Å². The zero-order chi connectivity index (χ0) is 21.0. The van der Waals surface area contributed by atoms with Crippen LogP contribution in [0.15, 0.2) is 53.3 Å². The Morgan fingerprint density at radius 1 is 1.07 bits per heavy atom. The minimum absolute atomic E-state index is 0.199. The molecule has 0 aliphatic rings. The van der Waals surface area contributed by atoms with Gasteiger partial charge >= 0.3 is 0 Å². The Kier molecular flexibility index (Phi) is 5.87. The minimum atomic E-state index is -0.923. The molecule has 1 amide bonds. The van der Waals surface area contributed by atoms with Gasteiger partial charge in [0.25, 0.3) is 5.56 Å². The quantitative estimate of drug-likeness (QED) is 0.687.